The largest absolute Gasteiger partial charge is 0.340 e. The maximum absolute atomic E-state index is 11.3. The molecule has 1 saturated heterocycles. The van der Waals surface area contributed by atoms with E-state index < -0.39 is 0 Å². The maximum atomic E-state index is 11.3. The topological polar surface area (TPSA) is 74.5 Å². The monoisotopic (exact) mass is 349 g/mol. The van der Waals surface area contributed by atoms with Crippen LogP contribution in [0.5, 0.6) is 0 Å². The van der Waals surface area contributed by atoms with Crippen molar-refractivity contribution in [1.82, 2.24) is 19.9 Å². The van der Waals surface area contributed by atoms with E-state index in [0.29, 0.717) is 23.4 Å². The molecule has 8 heteroatoms. The molecule has 7 nitrogen and oxygen atoms in total. The summed E-state index contributed by atoms with van der Waals surface area (Å²) >= 11 is 5.87. The zero-order valence-electron chi connectivity index (χ0n) is 13.5. The number of amides is 1. The molecule has 0 unspecified atom stereocenters. The van der Waals surface area contributed by atoms with E-state index in [0.717, 1.165) is 38.3 Å². The smallest absolute Gasteiger partial charge is 0.321 e. The first-order valence-corrected chi connectivity index (χ1v) is 8.31. The van der Waals surface area contributed by atoms with Gasteiger partial charge in [-0.2, -0.15) is 4.98 Å². The van der Waals surface area contributed by atoms with Crippen molar-refractivity contribution in [2.45, 2.75) is 6.92 Å². The highest BCUT2D eigenvalue weighted by molar-refractivity contribution is 6.30. The van der Waals surface area contributed by atoms with Crippen molar-refractivity contribution in [1.29, 1.82) is 0 Å². The number of piperazine rings is 1. The average Bonchev–Trinajstić information content (AvgIpc) is 3.05. The molecule has 3 rings (SSSR count). The Kier molecular flexibility index (Phi) is 5.32. The summed E-state index contributed by atoms with van der Waals surface area (Å²) in [6.07, 6.45) is 0. The number of halogens is 1. The van der Waals surface area contributed by atoms with Crippen LogP contribution in [-0.4, -0.2) is 65.1 Å². The number of rotatable bonds is 5. The van der Waals surface area contributed by atoms with Crippen molar-refractivity contribution in [3.05, 3.63) is 29.3 Å². The molecule has 1 amide bonds. The Labute approximate surface area is 145 Å². The van der Waals surface area contributed by atoms with E-state index in [-0.39, 0.29) is 5.91 Å². The van der Waals surface area contributed by atoms with Crippen LogP contribution in [0, 0.1) is 0 Å². The van der Waals surface area contributed by atoms with E-state index in [9.17, 15) is 4.79 Å². The third-order valence-corrected chi connectivity index (χ3v) is 4.30. The molecule has 0 bridgehead atoms. The SMILES string of the molecule is CC(=O)N1CCN(CCNc2nc(-c3ccc(Cl)cc3)no2)CC1. The van der Waals surface area contributed by atoms with Gasteiger partial charge in [-0.3, -0.25) is 9.69 Å². The van der Waals surface area contributed by atoms with E-state index >= 15 is 0 Å². The average molecular weight is 350 g/mol. The quantitative estimate of drug-likeness (QED) is 0.889. The van der Waals surface area contributed by atoms with Gasteiger partial charge in [-0.05, 0) is 24.3 Å². The van der Waals surface area contributed by atoms with Crippen molar-refractivity contribution in [2.75, 3.05) is 44.6 Å². The van der Waals surface area contributed by atoms with Crippen molar-refractivity contribution < 1.29 is 9.32 Å². The number of carbonyl (C=O) groups is 1. The highest BCUT2D eigenvalue weighted by Crippen LogP contribution is 2.19. The summed E-state index contributed by atoms with van der Waals surface area (Å²) in [7, 11) is 0. The number of hydrogen-bond acceptors (Lipinski definition) is 6. The summed E-state index contributed by atoms with van der Waals surface area (Å²) in [6, 6.07) is 7.70. The van der Waals surface area contributed by atoms with Crippen molar-refractivity contribution in [3.63, 3.8) is 0 Å². The molecule has 1 fully saturated rings. The molecule has 0 spiro atoms. The molecule has 0 aliphatic carbocycles. The van der Waals surface area contributed by atoms with Crippen LogP contribution in [0.15, 0.2) is 28.8 Å². The highest BCUT2D eigenvalue weighted by Gasteiger charge is 2.18. The van der Waals surface area contributed by atoms with Crippen LogP contribution in [0.1, 0.15) is 6.92 Å². The Morgan fingerprint density at radius 1 is 1.25 bits per heavy atom. The Bertz CT molecular complexity index is 680. The van der Waals surface area contributed by atoms with E-state index in [2.05, 4.69) is 20.4 Å². The van der Waals surface area contributed by atoms with Gasteiger partial charge in [-0.25, -0.2) is 0 Å². The number of carbonyl (C=O) groups excluding carboxylic acids is 1. The number of benzene rings is 1. The molecular weight excluding hydrogens is 330 g/mol. The van der Waals surface area contributed by atoms with Crippen LogP contribution in [0.25, 0.3) is 11.4 Å². The zero-order chi connectivity index (χ0) is 16.9. The van der Waals surface area contributed by atoms with Crippen LogP contribution in [0.2, 0.25) is 5.02 Å². The first-order chi connectivity index (χ1) is 11.6. The number of nitrogens with one attached hydrogen (secondary N) is 1. The second-order valence-corrected chi connectivity index (χ2v) is 6.14. The van der Waals surface area contributed by atoms with Crippen LogP contribution < -0.4 is 5.32 Å². The molecule has 24 heavy (non-hydrogen) atoms. The summed E-state index contributed by atoms with van der Waals surface area (Å²) in [5.74, 6) is 0.678. The maximum Gasteiger partial charge on any atom is 0.321 e. The normalized spacial score (nSPS) is 15.5. The molecular formula is C16H20ClN5O2. The lowest BCUT2D eigenvalue weighted by Crippen LogP contribution is -2.49. The summed E-state index contributed by atoms with van der Waals surface area (Å²) in [4.78, 5) is 19.8. The lowest BCUT2D eigenvalue weighted by atomic mass is 10.2. The third kappa shape index (κ3) is 4.24. The number of nitrogens with zero attached hydrogens (tertiary/aromatic N) is 4. The molecule has 1 aliphatic rings. The first kappa shape index (κ1) is 16.7. The van der Waals surface area contributed by atoms with E-state index in [1.165, 1.54) is 0 Å². The third-order valence-electron chi connectivity index (χ3n) is 4.05. The molecule has 1 N–H and O–H groups in total. The molecule has 2 aromatic rings. The van der Waals surface area contributed by atoms with Crippen LogP contribution in [-0.2, 0) is 4.79 Å². The van der Waals surface area contributed by atoms with E-state index in [4.69, 9.17) is 16.1 Å². The number of hydrogen-bond donors (Lipinski definition) is 1. The van der Waals surface area contributed by atoms with Gasteiger partial charge < -0.3 is 14.7 Å². The lowest BCUT2D eigenvalue weighted by molar-refractivity contribution is -0.130. The van der Waals surface area contributed by atoms with Crippen LogP contribution in [0.3, 0.4) is 0 Å². The van der Waals surface area contributed by atoms with Gasteiger partial charge in [0, 0.05) is 56.8 Å². The fourth-order valence-electron chi connectivity index (χ4n) is 2.62. The minimum absolute atomic E-state index is 0.147. The fourth-order valence-corrected chi connectivity index (χ4v) is 2.74. The Balaban J connectivity index is 1.45. The first-order valence-electron chi connectivity index (χ1n) is 7.93. The standard InChI is InChI=1S/C16H20ClN5O2/c1-12(23)22-10-8-21(9-11-22)7-6-18-16-19-15(20-24-16)13-2-4-14(17)5-3-13/h2-5H,6-11H2,1H3,(H,18,19,20). The van der Waals surface area contributed by atoms with Gasteiger partial charge >= 0.3 is 6.01 Å². The van der Waals surface area contributed by atoms with Crippen LogP contribution in [0.4, 0.5) is 6.01 Å². The van der Waals surface area contributed by atoms with Crippen molar-refractivity contribution in [3.8, 4) is 11.4 Å². The molecule has 0 saturated carbocycles. The second kappa shape index (κ2) is 7.63. The molecule has 0 atom stereocenters. The number of aromatic nitrogens is 2. The summed E-state index contributed by atoms with van der Waals surface area (Å²) in [5, 5.41) is 7.77. The summed E-state index contributed by atoms with van der Waals surface area (Å²) in [6.45, 7) is 6.55. The lowest BCUT2D eigenvalue weighted by Gasteiger charge is -2.34. The van der Waals surface area contributed by atoms with Gasteiger partial charge in [0.05, 0.1) is 0 Å². The summed E-state index contributed by atoms with van der Waals surface area (Å²) < 4.78 is 5.21. The minimum Gasteiger partial charge on any atom is -0.340 e. The van der Waals surface area contributed by atoms with Crippen LogP contribution >= 0.6 is 11.6 Å². The van der Waals surface area contributed by atoms with Gasteiger partial charge in [0.1, 0.15) is 0 Å². The number of anilines is 1. The highest BCUT2D eigenvalue weighted by atomic mass is 35.5. The van der Waals surface area contributed by atoms with E-state index in [1.54, 1.807) is 19.1 Å². The zero-order valence-corrected chi connectivity index (χ0v) is 14.3. The summed E-state index contributed by atoms with van der Waals surface area (Å²) in [5.41, 5.74) is 0.858. The Hall–Kier alpha value is -2.12. The molecule has 1 aliphatic heterocycles. The predicted octanol–water partition coefficient (Wildman–Crippen LogP) is 1.97. The van der Waals surface area contributed by atoms with E-state index in [1.807, 2.05) is 17.0 Å². The van der Waals surface area contributed by atoms with Crippen molar-refractivity contribution >= 4 is 23.5 Å². The van der Waals surface area contributed by atoms with Gasteiger partial charge in [0.2, 0.25) is 11.7 Å². The molecule has 1 aromatic carbocycles. The molecule has 2 heterocycles. The van der Waals surface area contributed by atoms with Gasteiger partial charge in [0.15, 0.2) is 0 Å². The Morgan fingerprint density at radius 2 is 1.96 bits per heavy atom. The molecule has 128 valence electrons. The van der Waals surface area contributed by atoms with Gasteiger partial charge in [-0.15, -0.1) is 0 Å². The Morgan fingerprint density at radius 3 is 2.62 bits per heavy atom. The fraction of sp³-hybridized carbons (Fsp3) is 0.438. The second-order valence-electron chi connectivity index (χ2n) is 5.70. The minimum atomic E-state index is 0.147. The van der Waals surface area contributed by atoms with Crippen molar-refractivity contribution in [2.24, 2.45) is 0 Å². The van der Waals surface area contributed by atoms with Gasteiger partial charge in [0.25, 0.3) is 0 Å². The van der Waals surface area contributed by atoms with Gasteiger partial charge in [-0.1, -0.05) is 16.8 Å². The molecule has 0 radical (unpaired) electrons. The molecule has 1 aromatic heterocycles. The predicted molar refractivity (Wildman–Crippen MR) is 91.9 cm³/mol.